The molecule has 2 aliphatic rings. The van der Waals surface area contributed by atoms with Gasteiger partial charge in [-0.3, -0.25) is 4.90 Å². The maximum absolute atomic E-state index is 13.4. The van der Waals surface area contributed by atoms with Gasteiger partial charge in [-0.25, -0.2) is 9.59 Å². The largest absolute Gasteiger partial charge is 0.476 e. The molecule has 12 heteroatoms. The Bertz CT molecular complexity index is 1060. The van der Waals surface area contributed by atoms with Gasteiger partial charge in [-0.1, -0.05) is 28.7 Å². The molecule has 2 saturated heterocycles. The lowest BCUT2D eigenvalue weighted by Gasteiger charge is -2.36. The second kappa shape index (κ2) is 9.72. The van der Waals surface area contributed by atoms with Crippen LogP contribution in [0.3, 0.4) is 0 Å². The third-order valence-electron chi connectivity index (χ3n) is 6.33. The summed E-state index contributed by atoms with van der Waals surface area (Å²) in [4.78, 5) is 29.4. The highest BCUT2D eigenvalue weighted by molar-refractivity contribution is 14.1. The van der Waals surface area contributed by atoms with Crippen LogP contribution in [0.25, 0.3) is 0 Å². The standard InChI is InChI=1S/C22H25F3IN5O3/c1-14-2-5-19(26)31(14)18-12-16(22(23,24)25)4-3-15(18)13-28-8-10-29(11-9-28)21(34)30-7-6-17(27-30)20(32)33/h3-4,6-7,12,14,19H,2,5,8-11,13H2,1H3,(H,32,33)/t14-,19+/m1/s1. The summed E-state index contributed by atoms with van der Waals surface area (Å²) < 4.78 is 41.5. The number of piperazine rings is 1. The van der Waals surface area contributed by atoms with Gasteiger partial charge in [0, 0.05) is 50.6 Å². The molecule has 0 radical (unpaired) electrons. The fourth-order valence-electron chi connectivity index (χ4n) is 4.46. The molecule has 34 heavy (non-hydrogen) atoms. The van der Waals surface area contributed by atoms with Crippen molar-refractivity contribution in [3.63, 3.8) is 0 Å². The number of carbonyl (C=O) groups is 2. The molecule has 2 aromatic rings. The number of hydrogen-bond donors (Lipinski definition) is 1. The molecule has 0 aliphatic carbocycles. The average Bonchev–Trinajstić information content (AvgIpc) is 3.41. The predicted octanol–water partition coefficient (Wildman–Crippen LogP) is 4.14. The molecule has 0 saturated carbocycles. The smallest absolute Gasteiger partial charge is 0.416 e. The normalized spacial score (nSPS) is 21.8. The van der Waals surface area contributed by atoms with Crippen LogP contribution in [0.2, 0.25) is 0 Å². The van der Waals surface area contributed by atoms with Gasteiger partial charge in [-0.15, -0.1) is 0 Å². The zero-order valence-electron chi connectivity index (χ0n) is 18.5. The van der Waals surface area contributed by atoms with E-state index in [0.717, 1.165) is 29.2 Å². The van der Waals surface area contributed by atoms with Gasteiger partial charge in [0.15, 0.2) is 5.69 Å². The van der Waals surface area contributed by atoms with Crippen LogP contribution in [0, 0.1) is 0 Å². The summed E-state index contributed by atoms with van der Waals surface area (Å²) in [6, 6.07) is 4.99. The number of rotatable bonds is 4. The molecule has 3 heterocycles. The SMILES string of the molecule is C[C@@H]1CC[C@@H](I)N1c1cc(C(F)(F)F)ccc1CN1CCN(C(=O)n2ccc(C(=O)O)n2)CC1. The Balaban J connectivity index is 1.47. The Labute approximate surface area is 208 Å². The van der Waals surface area contributed by atoms with Gasteiger partial charge >= 0.3 is 18.2 Å². The number of hydrogen-bond acceptors (Lipinski definition) is 5. The van der Waals surface area contributed by atoms with E-state index in [0.29, 0.717) is 38.4 Å². The van der Waals surface area contributed by atoms with E-state index < -0.39 is 23.7 Å². The molecule has 1 N–H and O–H groups in total. The predicted molar refractivity (Wildman–Crippen MR) is 127 cm³/mol. The summed E-state index contributed by atoms with van der Waals surface area (Å²) in [7, 11) is 0. The van der Waals surface area contributed by atoms with Crippen LogP contribution in [0.15, 0.2) is 30.5 Å². The quantitative estimate of drug-likeness (QED) is 0.327. The van der Waals surface area contributed by atoms with Crippen molar-refractivity contribution in [2.75, 3.05) is 31.1 Å². The molecule has 2 atom stereocenters. The van der Waals surface area contributed by atoms with Gasteiger partial charge < -0.3 is 14.9 Å². The number of benzene rings is 1. The van der Waals surface area contributed by atoms with Crippen LogP contribution in [0.5, 0.6) is 0 Å². The molecular weight excluding hydrogens is 566 g/mol. The minimum Gasteiger partial charge on any atom is -0.476 e. The molecule has 1 amide bonds. The number of halogens is 4. The van der Waals surface area contributed by atoms with E-state index in [1.165, 1.54) is 18.3 Å². The summed E-state index contributed by atoms with van der Waals surface area (Å²) in [5.74, 6) is -1.20. The fourth-order valence-corrected chi connectivity index (χ4v) is 5.67. The van der Waals surface area contributed by atoms with Crippen LogP contribution in [-0.2, 0) is 12.7 Å². The van der Waals surface area contributed by atoms with E-state index in [-0.39, 0.29) is 15.8 Å². The summed E-state index contributed by atoms with van der Waals surface area (Å²) in [6.45, 7) is 4.42. The monoisotopic (exact) mass is 591 g/mol. The molecular formula is C22H25F3IN5O3. The van der Waals surface area contributed by atoms with Crippen LogP contribution < -0.4 is 4.90 Å². The van der Waals surface area contributed by atoms with Crippen molar-refractivity contribution >= 4 is 40.3 Å². The minimum absolute atomic E-state index is 0.133. The highest BCUT2D eigenvalue weighted by Crippen LogP contribution is 2.39. The molecule has 1 aromatic heterocycles. The third-order valence-corrected chi connectivity index (χ3v) is 7.55. The van der Waals surface area contributed by atoms with Gasteiger partial charge in [0.25, 0.3) is 0 Å². The van der Waals surface area contributed by atoms with Crippen LogP contribution in [-0.4, -0.2) is 73.0 Å². The third kappa shape index (κ3) is 5.16. The number of nitrogens with zero attached hydrogens (tertiary/aromatic N) is 5. The van der Waals surface area contributed by atoms with Gasteiger partial charge in [0.05, 0.1) is 9.61 Å². The molecule has 4 rings (SSSR count). The van der Waals surface area contributed by atoms with E-state index in [4.69, 9.17) is 5.11 Å². The molecule has 8 nitrogen and oxygen atoms in total. The first-order valence-electron chi connectivity index (χ1n) is 11.0. The van der Waals surface area contributed by atoms with E-state index in [1.54, 1.807) is 11.0 Å². The number of aromatic nitrogens is 2. The van der Waals surface area contributed by atoms with Crippen LogP contribution in [0.4, 0.5) is 23.7 Å². The number of carboxylic acids is 1. The number of amides is 1. The lowest BCUT2D eigenvalue weighted by Crippen LogP contribution is -2.49. The highest BCUT2D eigenvalue weighted by atomic mass is 127. The van der Waals surface area contributed by atoms with Crippen molar-refractivity contribution in [1.29, 1.82) is 0 Å². The van der Waals surface area contributed by atoms with Gasteiger partial charge in [0.1, 0.15) is 0 Å². The summed E-state index contributed by atoms with van der Waals surface area (Å²) in [5.41, 5.74) is 0.604. The number of alkyl halides is 4. The molecule has 2 aliphatic heterocycles. The Morgan fingerprint density at radius 1 is 1.15 bits per heavy atom. The summed E-state index contributed by atoms with van der Waals surface area (Å²) in [5, 5.41) is 12.8. The minimum atomic E-state index is -4.41. The summed E-state index contributed by atoms with van der Waals surface area (Å²) in [6.07, 6.45) is -1.23. The van der Waals surface area contributed by atoms with Gasteiger partial charge in [-0.2, -0.15) is 23.0 Å². The van der Waals surface area contributed by atoms with Crippen molar-refractivity contribution < 1.29 is 27.9 Å². The lowest BCUT2D eigenvalue weighted by molar-refractivity contribution is -0.137. The van der Waals surface area contributed by atoms with Crippen molar-refractivity contribution in [3.8, 4) is 0 Å². The zero-order valence-corrected chi connectivity index (χ0v) is 20.7. The topological polar surface area (TPSA) is 81.9 Å². The van der Waals surface area contributed by atoms with E-state index >= 15 is 0 Å². The number of carbonyl (C=O) groups excluding carboxylic acids is 1. The van der Waals surface area contributed by atoms with E-state index in [1.807, 2.05) is 6.92 Å². The molecule has 0 unspecified atom stereocenters. The number of aromatic carboxylic acids is 1. The maximum Gasteiger partial charge on any atom is 0.416 e. The second-order valence-corrected chi connectivity index (χ2v) is 10.0. The lowest BCUT2D eigenvalue weighted by atomic mass is 10.1. The Morgan fingerprint density at radius 2 is 1.85 bits per heavy atom. The Hall–Kier alpha value is -2.35. The maximum atomic E-state index is 13.4. The first-order valence-corrected chi connectivity index (χ1v) is 12.2. The van der Waals surface area contributed by atoms with E-state index in [9.17, 15) is 22.8 Å². The van der Waals surface area contributed by atoms with Crippen molar-refractivity contribution in [2.24, 2.45) is 0 Å². The molecule has 1 aromatic carbocycles. The fraction of sp³-hybridized carbons (Fsp3) is 0.500. The molecule has 0 bridgehead atoms. The number of anilines is 1. The first kappa shape index (κ1) is 24.8. The summed E-state index contributed by atoms with van der Waals surface area (Å²) >= 11 is 2.30. The first-order chi connectivity index (χ1) is 16.0. The van der Waals surface area contributed by atoms with Crippen LogP contribution in [0.1, 0.15) is 41.4 Å². The van der Waals surface area contributed by atoms with Crippen molar-refractivity contribution in [3.05, 3.63) is 47.3 Å². The van der Waals surface area contributed by atoms with Crippen LogP contribution >= 0.6 is 22.6 Å². The van der Waals surface area contributed by atoms with Crippen molar-refractivity contribution in [2.45, 2.75) is 42.6 Å². The molecule has 184 valence electrons. The Kier molecular flexibility index (Phi) is 7.08. The zero-order chi connectivity index (χ0) is 24.6. The molecule has 0 spiro atoms. The van der Waals surface area contributed by atoms with Gasteiger partial charge in [-0.05, 0) is 43.5 Å². The average molecular weight is 591 g/mol. The van der Waals surface area contributed by atoms with E-state index in [2.05, 4.69) is 37.5 Å². The Morgan fingerprint density at radius 3 is 2.41 bits per heavy atom. The molecule has 2 fully saturated rings. The number of carboxylic acid groups (broad SMARTS) is 1. The van der Waals surface area contributed by atoms with Gasteiger partial charge in [0.2, 0.25) is 0 Å². The highest BCUT2D eigenvalue weighted by Gasteiger charge is 2.35. The second-order valence-electron chi connectivity index (χ2n) is 8.61. The van der Waals surface area contributed by atoms with Crippen molar-refractivity contribution in [1.82, 2.24) is 19.6 Å².